The third-order valence-corrected chi connectivity index (χ3v) is 5.30. The second-order valence-electron chi connectivity index (χ2n) is 4.76. The van der Waals surface area contributed by atoms with Crippen molar-refractivity contribution in [2.24, 2.45) is 11.7 Å². The fourth-order valence-corrected chi connectivity index (χ4v) is 4.25. The summed E-state index contributed by atoms with van der Waals surface area (Å²) in [5.74, 6) is 0.747. The monoisotopic (exact) mass is 280 g/mol. The van der Waals surface area contributed by atoms with Crippen LogP contribution in [-0.4, -0.2) is 27.0 Å². The Morgan fingerprint density at radius 2 is 2.26 bits per heavy atom. The molecule has 1 heterocycles. The lowest BCUT2D eigenvalue weighted by Gasteiger charge is -2.18. The summed E-state index contributed by atoms with van der Waals surface area (Å²) in [6.07, 6.45) is 0.581. The van der Waals surface area contributed by atoms with Crippen LogP contribution in [0.4, 0.5) is 0 Å². The van der Waals surface area contributed by atoms with Gasteiger partial charge in [-0.25, -0.2) is 8.42 Å². The zero-order valence-electron chi connectivity index (χ0n) is 10.7. The Kier molecular flexibility index (Phi) is 3.78. The molecule has 1 aromatic carbocycles. The Labute approximate surface area is 112 Å². The smallest absolute Gasteiger partial charge is 0.150 e. The molecule has 2 unspecified atom stereocenters. The number of nitrogens with zero attached hydrogens (tertiary/aromatic N) is 1. The highest BCUT2D eigenvalue weighted by Gasteiger charge is 2.32. The Morgan fingerprint density at radius 3 is 2.79 bits per heavy atom. The molecule has 0 bridgehead atoms. The van der Waals surface area contributed by atoms with Crippen LogP contribution in [0.1, 0.15) is 23.6 Å². The van der Waals surface area contributed by atoms with Gasteiger partial charge in [0.1, 0.15) is 11.8 Å². The second kappa shape index (κ2) is 5.19. The molecule has 2 atom stereocenters. The molecule has 1 aromatic rings. The predicted octanol–water partition coefficient (Wildman–Crippen LogP) is 1.00. The summed E-state index contributed by atoms with van der Waals surface area (Å²) in [6, 6.07) is 6.84. The molecule has 0 aliphatic carbocycles. The molecule has 0 spiro atoms. The van der Waals surface area contributed by atoms with E-state index in [0.717, 1.165) is 5.56 Å². The molecule has 1 saturated heterocycles. The fourth-order valence-electron chi connectivity index (χ4n) is 2.40. The molecule has 19 heavy (non-hydrogen) atoms. The maximum Gasteiger partial charge on any atom is 0.150 e. The molecule has 102 valence electrons. The standard InChI is InChI=1S/C13H16N2O3S/c1-18-12-3-2-9(6-11(12)7-14)13(15)10-4-5-19(16,17)8-10/h2-3,6,10,13H,4-5,8,15H2,1H3. The highest BCUT2D eigenvalue weighted by molar-refractivity contribution is 7.91. The van der Waals surface area contributed by atoms with E-state index in [4.69, 9.17) is 15.7 Å². The highest BCUT2D eigenvalue weighted by Crippen LogP contribution is 2.31. The third-order valence-electron chi connectivity index (χ3n) is 3.50. The van der Waals surface area contributed by atoms with Crippen molar-refractivity contribution < 1.29 is 13.2 Å². The van der Waals surface area contributed by atoms with Gasteiger partial charge < -0.3 is 10.5 Å². The van der Waals surface area contributed by atoms with Crippen LogP contribution in [0, 0.1) is 17.2 Å². The molecule has 0 amide bonds. The third kappa shape index (κ3) is 2.88. The van der Waals surface area contributed by atoms with E-state index < -0.39 is 9.84 Å². The Balaban J connectivity index is 2.25. The van der Waals surface area contributed by atoms with Gasteiger partial charge in [-0.05, 0) is 30.0 Å². The van der Waals surface area contributed by atoms with Crippen LogP contribution in [0.3, 0.4) is 0 Å². The molecule has 6 heteroatoms. The first-order chi connectivity index (χ1) is 8.96. The van der Waals surface area contributed by atoms with Crippen molar-refractivity contribution in [1.82, 2.24) is 0 Å². The van der Waals surface area contributed by atoms with Gasteiger partial charge in [0, 0.05) is 6.04 Å². The lowest BCUT2D eigenvalue weighted by Crippen LogP contribution is -2.22. The van der Waals surface area contributed by atoms with E-state index in [2.05, 4.69) is 0 Å². The first-order valence-corrected chi connectivity index (χ1v) is 7.83. The number of hydrogen-bond acceptors (Lipinski definition) is 5. The molecule has 1 fully saturated rings. The molecule has 1 aliphatic rings. The van der Waals surface area contributed by atoms with Crippen molar-refractivity contribution in [1.29, 1.82) is 5.26 Å². The van der Waals surface area contributed by atoms with Crippen LogP contribution < -0.4 is 10.5 Å². The predicted molar refractivity (Wildman–Crippen MR) is 71.4 cm³/mol. The largest absolute Gasteiger partial charge is 0.495 e. The highest BCUT2D eigenvalue weighted by atomic mass is 32.2. The number of benzene rings is 1. The van der Waals surface area contributed by atoms with Crippen LogP contribution in [0.2, 0.25) is 0 Å². The van der Waals surface area contributed by atoms with Crippen LogP contribution in [-0.2, 0) is 9.84 Å². The number of ether oxygens (including phenoxy) is 1. The van der Waals surface area contributed by atoms with Crippen molar-refractivity contribution in [2.45, 2.75) is 12.5 Å². The summed E-state index contributed by atoms with van der Waals surface area (Å²) in [4.78, 5) is 0. The zero-order valence-corrected chi connectivity index (χ0v) is 11.5. The molecule has 0 saturated carbocycles. The maximum absolute atomic E-state index is 11.5. The minimum absolute atomic E-state index is 0.0788. The van der Waals surface area contributed by atoms with Gasteiger partial charge in [0.2, 0.25) is 0 Å². The van der Waals surface area contributed by atoms with E-state index >= 15 is 0 Å². The van der Waals surface area contributed by atoms with Gasteiger partial charge in [-0.3, -0.25) is 0 Å². The van der Waals surface area contributed by atoms with Gasteiger partial charge in [-0.1, -0.05) is 6.07 Å². The van der Waals surface area contributed by atoms with Crippen LogP contribution >= 0.6 is 0 Å². The molecule has 2 N–H and O–H groups in total. The number of methoxy groups -OCH3 is 1. The topological polar surface area (TPSA) is 93.2 Å². The molecule has 2 rings (SSSR count). The van der Waals surface area contributed by atoms with E-state index in [9.17, 15) is 8.42 Å². The maximum atomic E-state index is 11.5. The molecule has 0 aromatic heterocycles. The van der Waals surface area contributed by atoms with Crippen molar-refractivity contribution in [2.75, 3.05) is 18.6 Å². The Bertz CT molecular complexity index is 619. The van der Waals surface area contributed by atoms with E-state index in [1.807, 2.05) is 6.07 Å². The Hall–Kier alpha value is -1.58. The fraction of sp³-hybridized carbons (Fsp3) is 0.462. The molecular formula is C13H16N2O3S. The molecule has 5 nitrogen and oxygen atoms in total. The number of hydrogen-bond donors (Lipinski definition) is 1. The number of nitriles is 1. The quantitative estimate of drug-likeness (QED) is 0.891. The number of sulfone groups is 1. The van der Waals surface area contributed by atoms with E-state index in [1.54, 1.807) is 18.2 Å². The summed E-state index contributed by atoms with van der Waals surface area (Å²) in [7, 11) is -1.45. The minimum Gasteiger partial charge on any atom is -0.495 e. The zero-order chi connectivity index (χ0) is 14.0. The number of nitrogens with two attached hydrogens (primary N) is 1. The van der Waals surface area contributed by atoms with Crippen molar-refractivity contribution in [3.8, 4) is 11.8 Å². The van der Waals surface area contributed by atoms with E-state index in [1.165, 1.54) is 7.11 Å². The van der Waals surface area contributed by atoms with E-state index in [-0.39, 0.29) is 23.5 Å². The Morgan fingerprint density at radius 1 is 1.53 bits per heavy atom. The van der Waals surface area contributed by atoms with E-state index in [0.29, 0.717) is 17.7 Å². The van der Waals surface area contributed by atoms with Gasteiger partial charge in [0.25, 0.3) is 0 Å². The lowest BCUT2D eigenvalue weighted by atomic mass is 9.92. The van der Waals surface area contributed by atoms with Crippen LogP contribution in [0.15, 0.2) is 18.2 Å². The second-order valence-corrected chi connectivity index (χ2v) is 6.99. The summed E-state index contributed by atoms with van der Waals surface area (Å²) in [5.41, 5.74) is 7.31. The summed E-state index contributed by atoms with van der Waals surface area (Å²) in [5, 5.41) is 9.04. The van der Waals surface area contributed by atoms with Gasteiger partial charge >= 0.3 is 0 Å². The molecule has 0 radical (unpaired) electrons. The van der Waals surface area contributed by atoms with Gasteiger partial charge in [0.15, 0.2) is 9.84 Å². The number of rotatable bonds is 3. The minimum atomic E-state index is -2.95. The average Bonchev–Trinajstić information content (AvgIpc) is 2.77. The first kappa shape index (κ1) is 13.8. The van der Waals surface area contributed by atoms with Crippen molar-refractivity contribution in [3.05, 3.63) is 29.3 Å². The SMILES string of the molecule is COc1ccc(C(N)C2CCS(=O)(=O)C2)cc1C#N. The first-order valence-electron chi connectivity index (χ1n) is 6.01. The molecule has 1 aliphatic heterocycles. The molecular weight excluding hydrogens is 264 g/mol. The normalized spacial score (nSPS) is 22.7. The van der Waals surface area contributed by atoms with Gasteiger partial charge in [-0.2, -0.15) is 5.26 Å². The lowest BCUT2D eigenvalue weighted by molar-refractivity contribution is 0.412. The van der Waals surface area contributed by atoms with Crippen molar-refractivity contribution in [3.63, 3.8) is 0 Å². The van der Waals surface area contributed by atoms with Gasteiger partial charge in [0.05, 0.1) is 24.2 Å². The summed E-state index contributed by atoms with van der Waals surface area (Å²) >= 11 is 0. The summed E-state index contributed by atoms with van der Waals surface area (Å²) in [6.45, 7) is 0. The van der Waals surface area contributed by atoms with Gasteiger partial charge in [-0.15, -0.1) is 0 Å². The average molecular weight is 280 g/mol. The van der Waals surface area contributed by atoms with Crippen LogP contribution in [0.5, 0.6) is 5.75 Å². The van der Waals surface area contributed by atoms with Crippen molar-refractivity contribution >= 4 is 9.84 Å². The summed E-state index contributed by atoms with van der Waals surface area (Å²) < 4.78 is 28.0. The van der Waals surface area contributed by atoms with Crippen LogP contribution in [0.25, 0.3) is 0 Å².